The fourth-order valence-electron chi connectivity index (χ4n) is 2.58. The maximum atomic E-state index is 12.7. The van der Waals surface area contributed by atoms with Crippen molar-refractivity contribution < 1.29 is 9.59 Å². The monoisotopic (exact) mass is 386 g/mol. The zero-order chi connectivity index (χ0) is 20.8. The highest BCUT2D eigenvalue weighted by Gasteiger charge is 2.15. The van der Waals surface area contributed by atoms with Crippen LogP contribution in [0.15, 0.2) is 54.7 Å². The number of para-hydroxylation sites is 1. The topological polar surface area (TPSA) is 120 Å². The molecule has 1 aromatic carbocycles. The number of hydrogen-bond acceptors (Lipinski definition) is 6. The van der Waals surface area contributed by atoms with E-state index in [-0.39, 0.29) is 22.9 Å². The summed E-state index contributed by atoms with van der Waals surface area (Å²) in [6.07, 6.45) is 1.42. The van der Waals surface area contributed by atoms with Gasteiger partial charge >= 0.3 is 0 Å². The molecule has 8 heteroatoms. The van der Waals surface area contributed by atoms with E-state index in [0.29, 0.717) is 11.5 Å². The van der Waals surface area contributed by atoms with Gasteiger partial charge in [-0.05, 0) is 36.8 Å². The van der Waals surface area contributed by atoms with Gasteiger partial charge in [0.25, 0.3) is 11.8 Å². The molecule has 0 aliphatic heterocycles. The molecular formula is C21H18N6O2. The summed E-state index contributed by atoms with van der Waals surface area (Å²) in [4.78, 5) is 33.0. The van der Waals surface area contributed by atoms with Gasteiger partial charge in [0.2, 0.25) is 0 Å². The molecule has 0 bridgehead atoms. The quantitative estimate of drug-likeness (QED) is 0.620. The van der Waals surface area contributed by atoms with Crippen molar-refractivity contribution in [1.82, 2.24) is 15.3 Å². The molecule has 8 nitrogen and oxygen atoms in total. The average molecular weight is 386 g/mol. The first kappa shape index (κ1) is 19.5. The van der Waals surface area contributed by atoms with Crippen molar-refractivity contribution in [2.45, 2.75) is 6.92 Å². The van der Waals surface area contributed by atoms with Crippen LogP contribution in [0.5, 0.6) is 0 Å². The van der Waals surface area contributed by atoms with Gasteiger partial charge in [-0.1, -0.05) is 24.3 Å². The summed E-state index contributed by atoms with van der Waals surface area (Å²) in [5, 5.41) is 17.4. The van der Waals surface area contributed by atoms with Crippen molar-refractivity contribution in [1.29, 1.82) is 5.26 Å². The lowest BCUT2D eigenvalue weighted by Gasteiger charge is -2.14. The summed E-state index contributed by atoms with van der Waals surface area (Å²) in [6.45, 7) is 1.94. The van der Waals surface area contributed by atoms with Gasteiger partial charge in [0.1, 0.15) is 17.5 Å². The number of carbonyl (C=O) groups is 2. The summed E-state index contributed by atoms with van der Waals surface area (Å²) in [6, 6.07) is 15.6. The second kappa shape index (κ2) is 8.63. The first-order chi connectivity index (χ1) is 14.0. The van der Waals surface area contributed by atoms with Crippen molar-refractivity contribution in [3.8, 4) is 6.07 Å². The molecule has 3 rings (SSSR count). The Hall–Kier alpha value is -4.25. The van der Waals surface area contributed by atoms with Crippen LogP contribution < -0.4 is 16.0 Å². The molecule has 0 saturated carbocycles. The van der Waals surface area contributed by atoms with Crippen molar-refractivity contribution in [2.75, 3.05) is 17.7 Å². The highest BCUT2D eigenvalue weighted by molar-refractivity contribution is 6.05. The van der Waals surface area contributed by atoms with Crippen LogP contribution in [0.25, 0.3) is 0 Å². The minimum Gasteiger partial charge on any atom is -0.355 e. The number of hydrogen-bond donors (Lipinski definition) is 3. The van der Waals surface area contributed by atoms with E-state index >= 15 is 0 Å². The highest BCUT2D eigenvalue weighted by atomic mass is 16.2. The van der Waals surface area contributed by atoms with E-state index in [2.05, 4.69) is 25.9 Å². The predicted octanol–water partition coefficient (Wildman–Crippen LogP) is 3.01. The van der Waals surface area contributed by atoms with Gasteiger partial charge in [-0.25, -0.2) is 9.97 Å². The number of aromatic nitrogens is 2. The zero-order valence-corrected chi connectivity index (χ0v) is 15.9. The molecule has 144 valence electrons. The van der Waals surface area contributed by atoms with Crippen LogP contribution in [0.2, 0.25) is 0 Å². The van der Waals surface area contributed by atoms with Gasteiger partial charge in [-0.15, -0.1) is 0 Å². The molecule has 0 fully saturated rings. The lowest BCUT2D eigenvalue weighted by molar-refractivity contribution is 0.0961. The predicted molar refractivity (Wildman–Crippen MR) is 109 cm³/mol. The van der Waals surface area contributed by atoms with E-state index in [1.807, 2.05) is 37.3 Å². The van der Waals surface area contributed by atoms with Crippen LogP contribution in [0.3, 0.4) is 0 Å². The molecule has 2 aromatic heterocycles. The van der Waals surface area contributed by atoms with Crippen molar-refractivity contribution in [2.24, 2.45) is 0 Å². The van der Waals surface area contributed by atoms with Crippen LogP contribution in [-0.2, 0) is 0 Å². The van der Waals surface area contributed by atoms with Gasteiger partial charge < -0.3 is 16.0 Å². The van der Waals surface area contributed by atoms with Crippen LogP contribution in [0, 0.1) is 18.3 Å². The van der Waals surface area contributed by atoms with Gasteiger partial charge in [0.05, 0.1) is 11.3 Å². The molecule has 0 saturated heterocycles. The van der Waals surface area contributed by atoms with Crippen molar-refractivity contribution >= 4 is 29.0 Å². The molecule has 2 amide bonds. The first-order valence-electron chi connectivity index (χ1n) is 8.75. The van der Waals surface area contributed by atoms with Crippen LogP contribution in [0.4, 0.5) is 17.2 Å². The van der Waals surface area contributed by atoms with Gasteiger partial charge in [-0.3, -0.25) is 9.59 Å². The third-order valence-electron chi connectivity index (χ3n) is 4.12. The molecular weight excluding hydrogens is 368 g/mol. The normalized spacial score (nSPS) is 9.97. The number of anilines is 3. The molecule has 0 spiro atoms. The van der Waals surface area contributed by atoms with Crippen LogP contribution in [-0.4, -0.2) is 28.8 Å². The Morgan fingerprint density at radius 1 is 1.03 bits per heavy atom. The Balaban J connectivity index is 1.97. The smallest absolute Gasteiger partial charge is 0.274 e. The first-order valence-corrected chi connectivity index (χ1v) is 8.75. The Labute approximate surface area is 167 Å². The number of rotatable bonds is 5. The minimum atomic E-state index is -0.522. The number of carbonyl (C=O) groups excluding carboxylic acids is 2. The Bertz CT molecular complexity index is 1120. The van der Waals surface area contributed by atoms with E-state index in [1.165, 1.54) is 31.4 Å². The largest absolute Gasteiger partial charge is 0.355 e. The maximum absolute atomic E-state index is 12.7. The second-order valence-electron chi connectivity index (χ2n) is 6.11. The molecule has 3 aromatic rings. The Morgan fingerprint density at radius 3 is 2.55 bits per heavy atom. The fraction of sp³-hybridized carbons (Fsp3) is 0.0952. The molecule has 0 aliphatic rings. The molecule has 0 radical (unpaired) electrons. The fourth-order valence-corrected chi connectivity index (χ4v) is 2.58. The minimum absolute atomic E-state index is 0.0798. The Morgan fingerprint density at radius 2 is 1.83 bits per heavy atom. The third kappa shape index (κ3) is 4.54. The standard InChI is InChI=1S/C21H18N6O2/c1-13-6-3-4-8-16(13)26-19-18(10-14(12-24-19)20(28)23-2)27-21(29)17-9-5-7-15(11-22)25-17/h3-10,12H,1-2H3,(H,23,28)(H,24,26)(H,27,29). The number of benzene rings is 1. The van der Waals surface area contributed by atoms with E-state index in [9.17, 15) is 9.59 Å². The van der Waals surface area contributed by atoms with Gasteiger partial charge in [-0.2, -0.15) is 5.26 Å². The van der Waals surface area contributed by atoms with Crippen molar-refractivity contribution in [3.05, 3.63) is 77.2 Å². The lowest BCUT2D eigenvalue weighted by atomic mass is 10.2. The summed E-state index contributed by atoms with van der Waals surface area (Å²) < 4.78 is 0. The lowest BCUT2D eigenvalue weighted by Crippen LogP contribution is -2.20. The van der Waals surface area contributed by atoms with E-state index in [0.717, 1.165) is 11.3 Å². The third-order valence-corrected chi connectivity index (χ3v) is 4.12. The summed E-state index contributed by atoms with van der Waals surface area (Å²) in [7, 11) is 1.51. The average Bonchev–Trinajstić information content (AvgIpc) is 2.75. The van der Waals surface area contributed by atoms with E-state index < -0.39 is 5.91 Å². The number of aryl methyl sites for hydroxylation is 1. The van der Waals surface area contributed by atoms with E-state index in [1.54, 1.807) is 6.07 Å². The molecule has 0 unspecified atom stereocenters. The maximum Gasteiger partial charge on any atom is 0.274 e. The number of nitriles is 1. The Kier molecular flexibility index (Phi) is 5.80. The molecule has 2 heterocycles. The highest BCUT2D eigenvalue weighted by Crippen LogP contribution is 2.26. The van der Waals surface area contributed by atoms with Crippen LogP contribution >= 0.6 is 0 Å². The molecule has 3 N–H and O–H groups in total. The van der Waals surface area contributed by atoms with E-state index in [4.69, 9.17) is 5.26 Å². The van der Waals surface area contributed by atoms with Crippen molar-refractivity contribution in [3.63, 3.8) is 0 Å². The molecule has 29 heavy (non-hydrogen) atoms. The van der Waals surface area contributed by atoms with Crippen LogP contribution in [0.1, 0.15) is 32.1 Å². The number of nitrogens with zero attached hydrogens (tertiary/aromatic N) is 3. The number of nitrogens with one attached hydrogen (secondary N) is 3. The van der Waals surface area contributed by atoms with Gasteiger partial charge in [0, 0.05) is 18.9 Å². The molecule has 0 aliphatic carbocycles. The number of amides is 2. The zero-order valence-electron chi connectivity index (χ0n) is 15.9. The summed E-state index contributed by atoms with van der Waals surface area (Å²) in [5.41, 5.74) is 2.61. The van der Waals surface area contributed by atoms with Gasteiger partial charge in [0.15, 0.2) is 5.82 Å². The number of pyridine rings is 2. The second-order valence-corrected chi connectivity index (χ2v) is 6.11. The summed E-state index contributed by atoms with van der Waals surface area (Å²) >= 11 is 0. The summed E-state index contributed by atoms with van der Waals surface area (Å²) in [5.74, 6) is -0.484. The molecule has 0 atom stereocenters. The SMILES string of the molecule is CNC(=O)c1cnc(Nc2ccccc2C)c(NC(=O)c2cccc(C#N)n2)c1.